The molecule has 1 amide bonds. The summed E-state index contributed by atoms with van der Waals surface area (Å²) in [4.78, 5) is 24.9. The van der Waals surface area contributed by atoms with Gasteiger partial charge in [-0.25, -0.2) is 0 Å². The molecule has 0 spiro atoms. The minimum atomic E-state index is -0.783. The molecule has 2 aliphatic heterocycles. The Labute approximate surface area is 101 Å². The summed E-state index contributed by atoms with van der Waals surface area (Å²) in [5.74, 6) is -1.00. The molecule has 96 valence electrons. The van der Waals surface area contributed by atoms with Gasteiger partial charge in [-0.2, -0.15) is 0 Å². The van der Waals surface area contributed by atoms with Gasteiger partial charge in [0.15, 0.2) is 0 Å². The number of piperidine rings is 1. The van der Waals surface area contributed by atoms with Crippen LogP contribution in [0.25, 0.3) is 0 Å². The average Bonchev–Trinajstić information content (AvgIpc) is 2.39. The molecule has 1 atom stereocenters. The number of carbonyl (C=O) groups excluding carboxylic acids is 1. The Balaban J connectivity index is 1.91. The van der Waals surface area contributed by atoms with E-state index in [1.54, 1.807) is 4.90 Å². The smallest absolute Gasteiger partial charge is 0.308 e. The third-order valence-electron chi connectivity index (χ3n) is 3.65. The van der Waals surface area contributed by atoms with Gasteiger partial charge in [-0.15, -0.1) is 0 Å². The fraction of sp³-hybridized carbons (Fsp3) is 0.833. The molecule has 2 saturated heterocycles. The highest BCUT2D eigenvalue weighted by Gasteiger charge is 2.32. The van der Waals surface area contributed by atoms with Crippen LogP contribution >= 0.6 is 0 Å². The molecule has 5 heteroatoms. The Morgan fingerprint density at radius 3 is 2.47 bits per heavy atom. The molecule has 5 nitrogen and oxygen atoms in total. The highest BCUT2D eigenvalue weighted by atomic mass is 16.5. The summed E-state index contributed by atoms with van der Waals surface area (Å²) >= 11 is 0. The van der Waals surface area contributed by atoms with Crippen molar-refractivity contribution in [3.8, 4) is 0 Å². The molecule has 2 rings (SSSR count). The highest BCUT2D eigenvalue weighted by Crippen LogP contribution is 2.22. The van der Waals surface area contributed by atoms with Crippen LogP contribution in [0.4, 0.5) is 0 Å². The van der Waals surface area contributed by atoms with E-state index >= 15 is 0 Å². The molecule has 0 aromatic carbocycles. The summed E-state index contributed by atoms with van der Waals surface area (Å²) in [6.45, 7) is 2.38. The van der Waals surface area contributed by atoms with Crippen LogP contribution in [0.1, 0.15) is 25.7 Å². The van der Waals surface area contributed by atoms with Gasteiger partial charge in [-0.3, -0.25) is 9.59 Å². The van der Waals surface area contributed by atoms with Crippen LogP contribution in [-0.4, -0.2) is 48.2 Å². The minimum Gasteiger partial charge on any atom is -0.481 e. The second-order valence-corrected chi connectivity index (χ2v) is 4.85. The Bertz CT molecular complexity index is 299. The molecule has 0 saturated carbocycles. The first-order chi connectivity index (χ1) is 8.18. The van der Waals surface area contributed by atoms with Crippen molar-refractivity contribution < 1.29 is 19.4 Å². The van der Waals surface area contributed by atoms with Crippen LogP contribution in [-0.2, 0) is 14.3 Å². The van der Waals surface area contributed by atoms with Crippen molar-refractivity contribution in [2.45, 2.75) is 25.7 Å². The Morgan fingerprint density at radius 2 is 1.82 bits per heavy atom. The van der Waals surface area contributed by atoms with Gasteiger partial charge in [0.05, 0.1) is 5.92 Å². The maximum atomic E-state index is 12.2. The summed E-state index contributed by atoms with van der Waals surface area (Å²) in [6, 6.07) is 0. The second-order valence-electron chi connectivity index (χ2n) is 4.85. The van der Waals surface area contributed by atoms with E-state index in [4.69, 9.17) is 9.84 Å². The summed E-state index contributed by atoms with van der Waals surface area (Å²) < 4.78 is 5.23. The fourth-order valence-electron chi connectivity index (χ4n) is 2.58. The first kappa shape index (κ1) is 12.4. The number of nitrogens with zero attached hydrogens (tertiary/aromatic N) is 1. The zero-order valence-corrected chi connectivity index (χ0v) is 9.93. The van der Waals surface area contributed by atoms with Crippen molar-refractivity contribution in [2.24, 2.45) is 11.8 Å². The zero-order valence-electron chi connectivity index (χ0n) is 9.93. The van der Waals surface area contributed by atoms with Crippen molar-refractivity contribution in [2.75, 3.05) is 26.3 Å². The summed E-state index contributed by atoms with van der Waals surface area (Å²) in [7, 11) is 0. The topological polar surface area (TPSA) is 66.8 Å². The average molecular weight is 241 g/mol. The van der Waals surface area contributed by atoms with Gasteiger partial charge in [-0.05, 0) is 25.7 Å². The molecule has 0 bridgehead atoms. The normalized spacial score (nSPS) is 26.8. The van der Waals surface area contributed by atoms with Gasteiger partial charge < -0.3 is 14.7 Å². The van der Waals surface area contributed by atoms with E-state index in [0.29, 0.717) is 32.7 Å². The lowest BCUT2D eigenvalue weighted by molar-refractivity contribution is -0.147. The van der Waals surface area contributed by atoms with Gasteiger partial charge in [0.2, 0.25) is 5.91 Å². The number of ether oxygens (including phenoxy) is 1. The fourth-order valence-corrected chi connectivity index (χ4v) is 2.58. The van der Waals surface area contributed by atoms with E-state index in [9.17, 15) is 9.59 Å². The number of amides is 1. The van der Waals surface area contributed by atoms with Crippen molar-refractivity contribution in [1.29, 1.82) is 0 Å². The van der Waals surface area contributed by atoms with Gasteiger partial charge in [0, 0.05) is 32.2 Å². The van der Waals surface area contributed by atoms with E-state index < -0.39 is 5.97 Å². The lowest BCUT2D eigenvalue weighted by Crippen LogP contribution is -2.45. The molecule has 0 aromatic rings. The number of hydrogen-bond donors (Lipinski definition) is 1. The van der Waals surface area contributed by atoms with E-state index in [-0.39, 0.29) is 17.7 Å². The monoisotopic (exact) mass is 241 g/mol. The quantitative estimate of drug-likeness (QED) is 0.774. The molecule has 0 unspecified atom stereocenters. The van der Waals surface area contributed by atoms with Crippen LogP contribution in [0, 0.1) is 11.8 Å². The minimum absolute atomic E-state index is 0.0382. The maximum absolute atomic E-state index is 12.2. The van der Waals surface area contributed by atoms with Crippen molar-refractivity contribution in [1.82, 2.24) is 4.90 Å². The first-order valence-electron chi connectivity index (χ1n) is 6.28. The van der Waals surface area contributed by atoms with Crippen LogP contribution in [0.5, 0.6) is 0 Å². The highest BCUT2D eigenvalue weighted by molar-refractivity contribution is 5.80. The Hall–Kier alpha value is -1.10. The standard InChI is InChI=1S/C12H19NO4/c14-11(9-3-6-17-7-4-9)13-5-1-2-10(8-13)12(15)16/h9-10H,1-8H2,(H,15,16)/t10-/m1/s1. The van der Waals surface area contributed by atoms with Gasteiger partial charge in [0.1, 0.15) is 0 Å². The molecule has 2 heterocycles. The van der Waals surface area contributed by atoms with E-state index in [0.717, 1.165) is 19.3 Å². The Morgan fingerprint density at radius 1 is 1.12 bits per heavy atom. The van der Waals surface area contributed by atoms with E-state index in [1.165, 1.54) is 0 Å². The lowest BCUT2D eigenvalue weighted by atomic mass is 9.94. The van der Waals surface area contributed by atoms with Crippen LogP contribution < -0.4 is 0 Å². The van der Waals surface area contributed by atoms with Crippen molar-refractivity contribution in [3.05, 3.63) is 0 Å². The SMILES string of the molecule is O=C(O)[C@@H]1CCCN(C(=O)C2CCOCC2)C1. The van der Waals surface area contributed by atoms with Gasteiger partial charge >= 0.3 is 5.97 Å². The molecule has 2 fully saturated rings. The third-order valence-corrected chi connectivity index (χ3v) is 3.65. The predicted octanol–water partition coefficient (Wildman–Crippen LogP) is 0.736. The van der Waals surface area contributed by atoms with Crippen molar-refractivity contribution in [3.63, 3.8) is 0 Å². The number of carbonyl (C=O) groups is 2. The van der Waals surface area contributed by atoms with E-state index in [1.807, 2.05) is 0 Å². The predicted molar refractivity (Wildman–Crippen MR) is 60.5 cm³/mol. The number of rotatable bonds is 2. The molecule has 0 radical (unpaired) electrons. The van der Waals surface area contributed by atoms with Gasteiger partial charge in [-0.1, -0.05) is 0 Å². The van der Waals surface area contributed by atoms with Crippen LogP contribution in [0.2, 0.25) is 0 Å². The van der Waals surface area contributed by atoms with Crippen LogP contribution in [0.15, 0.2) is 0 Å². The maximum Gasteiger partial charge on any atom is 0.308 e. The second kappa shape index (κ2) is 5.49. The molecule has 17 heavy (non-hydrogen) atoms. The van der Waals surface area contributed by atoms with Crippen molar-refractivity contribution >= 4 is 11.9 Å². The van der Waals surface area contributed by atoms with E-state index in [2.05, 4.69) is 0 Å². The third kappa shape index (κ3) is 2.97. The first-order valence-corrected chi connectivity index (χ1v) is 6.28. The molecule has 0 aromatic heterocycles. The van der Waals surface area contributed by atoms with Gasteiger partial charge in [0.25, 0.3) is 0 Å². The number of hydrogen-bond acceptors (Lipinski definition) is 3. The summed E-state index contributed by atoms with van der Waals surface area (Å²) in [5, 5.41) is 8.99. The molecule has 2 aliphatic rings. The molecular weight excluding hydrogens is 222 g/mol. The number of likely N-dealkylation sites (tertiary alicyclic amines) is 1. The Kier molecular flexibility index (Phi) is 3.99. The number of carboxylic acids is 1. The number of carboxylic acid groups (broad SMARTS) is 1. The van der Waals surface area contributed by atoms with Crippen LogP contribution in [0.3, 0.4) is 0 Å². The largest absolute Gasteiger partial charge is 0.481 e. The summed E-state index contributed by atoms with van der Waals surface area (Å²) in [6.07, 6.45) is 3.03. The molecular formula is C12H19NO4. The molecule has 0 aliphatic carbocycles. The number of aliphatic carboxylic acids is 1. The zero-order chi connectivity index (χ0) is 12.3. The lowest BCUT2D eigenvalue weighted by Gasteiger charge is -2.34. The summed E-state index contributed by atoms with van der Waals surface area (Å²) in [5.41, 5.74) is 0. The molecule has 1 N–H and O–H groups in total.